The zero-order valence-electron chi connectivity index (χ0n) is 11.1. The third-order valence-electron chi connectivity index (χ3n) is 4.00. The van der Waals surface area contributed by atoms with Crippen LogP contribution in [0.1, 0.15) is 30.9 Å². The molecule has 0 fully saturated rings. The van der Waals surface area contributed by atoms with Gasteiger partial charge in [-0.2, -0.15) is 5.26 Å². The smallest absolute Gasteiger partial charge is 0.0995 e. The molecule has 1 heteroatoms. The highest BCUT2D eigenvalue weighted by atomic mass is 14.3. The molecule has 0 N–H and O–H groups in total. The fourth-order valence-electron chi connectivity index (χ4n) is 2.71. The van der Waals surface area contributed by atoms with Crippen molar-refractivity contribution in [2.75, 3.05) is 0 Å². The van der Waals surface area contributed by atoms with Crippen LogP contribution >= 0.6 is 0 Å². The zero-order valence-corrected chi connectivity index (χ0v) is 11.1. The van der Waals surface area contributed by atoms with Crippen molar-refractivity contribution in [1.29, 1.82) is 5.26 Å². The molecule has 92 valence electrons. The van der Waals surface area contributed by atoms with Crippen LogP contribution in [0.15, 0.2) is 59.7 Å². The van der Waals surface area contributed by atoms with Crippen LogP contribution in [0.3, 0.4) is 0 Å². The summed E-state index contributed by atoms with van der Waals surface area (Å²) in [5.41, 5.74) is 4.54. The topological polar surface area (TPSA) is 23.8 Å². The van der Waals surface area contributed by atoms with Crippen LogP contribution in [-0.4, -0.2) is 0 Å². The van der Waals surface area contributed by atoms with E-state index in [9.17, 15) is 5.26 Å². The second-order valence-corrected chi connectivity index (χ2v) is 5.10. The summed E-state index contributed by atoms with van der Waals surface area (Å²) < 4.78 is 0. The molecule has 1 aliphatic carbocycles. The maximum atomic E-state index is 9.40. The Morgan fingerprint density at radius 3 is 2.32 bits per heavy atom. The Hall–Kier alpha value is -2.33. The van der Waals surface area contributed by atoms with E-state index in [-0.39, 0.29) is 5.92 Å². The molecule has 3 rings (SSSR count). The average Bonchev–Trinajstić information content (AvgIpc) is 2.77. The molecule has 0 saturated heterocycles. The first kappa shape index (κ1) is 11.7. The molecule has 0 radical (unpaired) electrons. The average molecular weight is 245 g/mol. The molecule has 0 amide bonds. The predicted octanol–water partition coefficient (Wildman–Crippen LogP) is 4.70. The Kier molecular flexibility index (Phi) is 2.72. The lowest BCUT2D eigenvalue weighted by Gasteiger charge is -2.14. The van der Waals surface area contributed by atoms with E-state index in [0.29, 0.717) is 0 Å². The van der Waals surface area contributed by atoms with Crippen molar-refractivity contribution in [1.82, 2.24) is 0 Å². The maximum Gasteiger partial charge on any atom is 0.0995 e. The van der Waals surface area contributed by atoms with E-state index >= 15 is 0 Å². The SMILES string of the molecule is CC1=C(C)C(c2cc3ccccc3cc2C#N)C=C1. The van der Waals surface area contributed by atoms with Crippen LogP contribution in [0.4, 0.5) is 0 Å². The molecule has 0 aromatic heterocycles. The fourth-order valence-corrected chi connectivity index (χ4v) is 2.71. The predicted molar refractivity (Wildman–Crippen MR) is 78.9 cm³/mol. The molecule has 19 heavy (non-hydrogen) atoms. The lowest BCUT2D eigenvalue weighted by molar-refractivity contribution is 1.000. The molecule has 1 nitrogen and oxygen atoms in total. The molecule has 1 atom stereocenters. The Morgan fingerprint density at radius 1 is 1.05 bits per heavy atom. The molecule has 1 aliphatic rings. The summed E-state index contributed by atoms with van der Waals surface area (Å²) in [6, 6.07) is 14.7. The van der Waals surface area contributed by atoms with E-state index in [1.54, 1.807) is 0 Å². The highest BCUT2D eigenvalue weighted by molar-refractivity contribution is 5.85. The van der Waals surface area contributed by atoms with Gasteiger partial charge in [0.2, 0.25) is 0 Å². The molecule has 2 aromatic carbocycles. The first-order chi connectivity index (χ1) is 9.20. The van der Waals surface area contributed by atoms with Crippen LogP contribution in [0.2, 0.25) is 0 Å². The number of hydrogen-bond donors (Lipinski definition) is 0. The Labute approximate surface area is 113 Å². The molecular weight excluding hydrogens is 230 g/mol. The molecule has 0 bridgehead atoms. The lowest BCUT2D eigenvalue weighted by atomic mass is 9.88. The summed E-state index contributed by atoms with van der Waals surface area (Å²) in [4.78, 5) is 0. The first-order valence-corrected chi connectivity index (χ1v) is 6.49. The maximum absolute atomic E-state index is 9.40. The monoisotopic (exact) mass is 245 g/mol. The number of rotatable bonds is 1. The molecule has 0 saturated carbocycles. The number of fused-ring (bicyclic) bond motifs is 1. The summed E-state index contributed by atoms with van der Waals surface area (Å²) in [7, 11) is 0. The second kappa shape index (κ2) is 4.40. The van der Waals surface area contributed by atoms with Crippen molar-refractivity contribution in [3.05, 3.63) is 70.8 Å². The number of allylic oxidation sites excluding steroid dienone is 4. The van der Waals surface area contributed by atoms with Gasteiger partial charge in [-0.3, -0.25) is 0 Å². The minimum absolute atomic E-state index is 0.249. The van der Waals surface area contributed by atoms with Crippen LogP contribution in [0, 0.1) is 11.3 Å². The summed E-state index contributed by atoms with van der Waals surface area (Å²) >= 11 is 0. The van der Waals surface area contributed by atoms with Gasteiger partial charge in [0.05, 0.1) is 11.6 Å². The largest absolute Gasteiger partial charge is 0.192 e. The number of nitriles is 1. The molecule has 1 unspecified atom stereocenters. The van der Waals surface area contributed by atoms with Gasteiger partial charge in [-0.25, -0.2) is 0 Å². The minimum Gasteiger partial charge on any atom is -0.192 e. The van der Waals surface area contributed by atoms with Gasteiger partial charge >= 0.3 is 0 Å². The van der Waals surface area contributed by atoms with E-state index in [1.165, 1.54) is 16.5 Å². The zero-order chi connectivity index (χ0) is 13.4. The van der Waals surface area contributed by atoms with Gasteiger partial charge in [0.15, 0.2) is 0 Å². The van der Waals surface area contributed by atoms with Gasteiger partial charge in [-0.05, 0) is 42.3 Å². The fraction of sp³-hybridized carbons (Fsp3) is 0.167. The van der Waals surface area contributed by atoms with Crippen LogP contribution in [-0.2, 0) is 0 Å². The Balaban J connectivity index is 2.24. The van der Waals surface area contributed by atoms with Gasteiger partial charge in [-0.1, -0.05) is 47.6 Å². The lowest BCUT2D eigenvalue weighted by Crippen LogP contribution is -1.99. The first-order valence-electron chi connectivity index (χ1n) is 6.49. The van der Waals surface area contributed by atoms with E-state index in [2.05, 4.69) is 50.3 Å². The summed E-state index contributed by atoms with van der Waals surface area (Å²) in [6.45, 7) is 4.27. The molecule has 0 aliphatic heterocycles. The number of nitrogens with zero attached hydrogens (tertiary/aromatic N) is 1. The second-order valence-electron chi connectivity index (χ2n) is 5.10. The van der Waals surface area contributed by atoms with Gasteiger partial charge in [-0.15, -0.1) is 0 Å². The Bertz CT molecular complexity index is 757. The number of benzene rings is 2. The van der Waals surface area contributed by atoms with Crippen molar-refractivity contribution in [2.45, 2.75) is 19.8 Å². The van der Waals surface area contributed by atoms with Gasteiger partial charge < -0.3 is 0 Å². The van der Waals surface area contributed by atoms with Crippen molar-refractivity contribution in [2.24, 2.45) is 0 Å². The normalized spacial score (nSPS) is 18.1. The van der Waals surface area contributed by atoms with Gasteiger partial charge in [0, 0.05) is 5.92 Å². The van der Waals surface area contributed by atoms with Crippen LogP contribution in [0.25, 0.3) is 10.8 Å². The van der Waals surface area contributed by atoms with E-state index in [0.717, 1.165) is 16.5 Å². The molecule has 2 aromatic rings. The van der Waals surface area contributed by atoms with E-state index < -0.39 is 0 Å². The Morgan fingerprint density at radius 2 is 1.74 bits per heavy atom. The third-order valence-corrected chi connectivity index (χ3v) is 4.00. The van der Waals surface area contributed by atoms with Crippen molar-refractivity contribution >= 4 is 10.8 Å². The van der Waals surface area contributed by atoms with Crippen molar-refractivity contribution < 1.29 is 0 Å². The molecular formula is C18H15N. The van der Waals surface area contributed by atoms with Crippen molar-refractivity contribution in [3.63, 3.8) is 0 Å². The number of hydrogen-bond acceptors (Lipinski definition) is 1. The van der Waals surface area contributed by atoms with Gasteiger partial charge in [0.25, 0.3) is 0 Å². The van der Waals surface area contributed by atoms with E-state index in [4.69, 9.17) is 0 Å². The highest BCUT2D eigenvalue weighted by Gasteiger charge is 2.20. The summed E-state index contributed by atoms with van der Waals surface area (Å²) in [5.74, 6) is 0.249. The van der Waals surface area contributed by atoms with E-state index in [1.807, 2.05) is 18.2 Å². The standard InChI is InChI=1S/C18H15N/c1-12-7-8-17(13(12)2)18-10-15-6-4-3-5-14(15)9-16(18)11-19/h3-10,17H,1-2H3. The van der Waals surface area contributed by atoms with Gasteiger partial charge in [0.1, 0.15) is 0 Å². The summed E-state index contributed by atoms with van der Waals surface area (Å²) in [5, 5.41) is 11.7. The van der Waals surface area contributed by atoms with Crippen molar-refractivity contribution in [3.8, 4) is 6.07 Å². The molecule has 0 spiro atoms. The minimum atomic E-state index is 0.249. The highest BCUT2D eigenvalue weighted by Crippen LogP contribution is 2.36. The quantitative estimate of drug-likeness (QED) is 0.714. The third kappa shape index (κ3) is 1.86. The summed E-state index contributed by atoms with van der Waals surface area (Å²) in [6.07, 6.45) is 4.34. The van der Waals surface area contributed by atoms with Crippen LogP contribution < -0.4 is 0 Å². The molecule has 0 heterocycles. The van der Waals surface area contributed by atoms with Crippen LogP contribution in [0.5, 0.6) is 0 Å².